The largest absolute Gasteiger partial charge is 0.496 e. The lowest BCUT2D eigenvalue weighted by atomic mass is 9.82. The molecule has 1 aliphatic rings. The molecule has 2 N–H and O–H groups in total. The molecule has 1 saturated heterocycles. The second-order valence-corrected chi connectivity index (χ2v) is 5.77. The Morgan fingerprint density at radius 1 is 1.26 bits per heavy atom. The Bertz CT molecular complexity index is 450. The molecule has 3 nitrogen and oxygen atoms in total. The first-order valence-electron chi connectivity index (χ1n) is 7.02. The maximum absolute atomic E-state index is 6.50. The Labute approximate surface area is 116 Å². The van der Waals surface area contributed by atoms with Crippen molar-refractivity contribution in [1.82, 2.24) is 0 Å². The maximum atomic E-state index is 6.50. The van der Waals surface area contributed by atoms with E-state index in [1.165, 1.54) is 17.5 Å². The van der Waals surface area contributed by atoms with Crippen molar-refractivity contribution < 1.29 is 9.47 Å². The van der Waals surface area contributed by atoms with Gasteiger partial charge < -0.3 is 15.2 Å². The van der Waals surface area contributed by atoms with Crippen molar-refractivity contribution in [2.24, 2.45) is 5.73 Å². The van der Waals surface area contributed by atoms with E-state index < -0.39 is 0 Å². The summed E-state index contributed by atoms with van der Waals surface area (Å²) in [4.78, 5) is 0. The molecule has 0 aromatic heterocycles. The minimum absolute atomic E-state index is 0.0857. The standard InChI is InChI=1S/C16H25NO2/c1-11-10-14(18-4)12(2)9-13(11)15(17)16(3)7-5-6-8-19-16/h9-10,15H,5-8,17H2,1-4H3. The van der Waals surface area contributed by atoms with Gasteiger partial charge in [-0.05, 0) is 62.8 Å². The van der Waals surface area contributed by atoms with Crippen molar-refractivity contribution in [2.75, 3.05) is 13.7 Å². The van der Waals surface area contributed by atoms with Crippen LogP contribution in [0, 0.1) is 13.8 Å². The maximum Gasteiger partial charge on any atom is 0.122 e. The molecule has 0 spiro atoms. The van der Waals surface area contributed by atoms with Gasteiger partial charge in [0.05, 0.1) is 18.8 Å². The van der Waals surface area contributed by atoms with E-state index in [1.54, 1.807) is 7.11 Å². The smallest absolute Gasteiger partial charge is 0.122 e. The van der Waals surface area contributed by atoms with Crippen LogP contribution in [0.2, 0.25) is 0 Å². The molecule has 1 aromatic rings. The van der Waals surface area contributed by atoms with Gasteiger partial charge in [0.15, 0.2) is 0 Å². The summed E-state index contributed by atoms with van der Waals surface area (Å²) >= 11 is 0. The van der Waals surface area contributed by atoms with E-state index in [9.17, 15) is 0 Å². The molecular formula is C16H25NO2. The van der Waals surface area contributed by atoms with Crippen molar-refractivity contribution in [2.45, 2.75) is 51.7 Å². The van der Waals surface area contributed by atoms with Crippen LogP contribution in [0.15, 0.2) is 12.1 Å². The van der Waals surface area contributed by atoms with Gasteiger partial charge in [-0.3, -0.25) is 0 Å². The van der Waals surface area contributed by atoms with Gasteiger partial charge in [-0.25, -0.2) is 0 Å². The fourth-order valence-corrected chi connectivity index (χ4v) is 2.90. The highest BCUT2D eigenvalue weighted by molar-refractivity contribution is 5.43. The molecule has 2 rings (SSSR count). The Morgan fingerprint density at radius 3 is 2.58 bits per heavy atom. The van der Waals surface area contributed by atoms with Crippen molar-refractivity contribution in [3.8, 4) is 5.75 Å². The topological polar surface area (TPSA) is 44.5 Å². The zero-order chi connectivity index (χ0) is 14.0. The molecule has 19 heavy (non-hydrogen) atoms. The molecule has 1 aromatic carbocycles. The predicted octanol–water partition coefficient (Wildman–Crippen LogP) is 3.27. The minimum Gasteiger partial charge on any atom is -0.496 e. The van der Waals surface area contributed by atoms with Crippen LogP contribution in [-0.2, 0) is 4.74 Å². The van der Waals surface area contributed by atoms with Crippen LogP contribution >= 0.6 is 0 Å². The number of benzene rings is 1. The van der Waals surface area contributed by atoms with E-state index in [1.807, 2.05) is 0 Å². The average molecular weight is 263 g/mol. The Kier molecular flexibility index (Phi) is 4.16. The molecule has 0 radical (unpaired) electrons. The molecule has 1 fully saturated rings. The van der Waals surface area contributed by atoms with Crippen molar-refractivity contribution in [3.63, 3.8) is 0 Å². The second-order valence-electron chi connectivity index (χ2n) is 5.77. The second kappa shape index (κ2) is 5.51. The first-order chi connectivity index (χ1) is 8.98. The Morgan fingerprint density at radius 2 is 2.00 bits per heavy atom. The number of ether oxygens (including phenoxy) is 2. The SMILES string of the molecule is COc1cc(C)c(C(N)C2(C)CCCCO2)cc1C. The molecule has 1 aliphatic heterocycles. The Hall–Kier alpha value is -1.06. The lowest BCUT2D eigenvalue weighted by molar-refractivity contribution is -0.0821. The van der Waals surface area contributed by atoms with E-state index >= 15 is 0 Å². The molecule has 2 atom stereocenters. The summed E-state index contributed by atoms with van der Waals surface area (Å²) in [5.41, 5.74) is 9.72. The summed E-state index contributed by atoms with van der Waals surface area (Å²) in [6, 6.07) is 4.12. The predicted molar refractivity (Wildman–Crippen MR) is 77.6 cm³/mol. The number of hydrogen-bond acceptors (Lipinski definition) is 3. The highest BCUT2D eigenvalue weighted by Crippen LogP contribution is 2.37. The van der Waals surface area contributed by atoms with Gasteiger partial charge in [0.1, 0.15) is 5.75 Å². The zero-order valence-corrected chi connectivity index (χ0v) is 12.5. The Balaban J connectivity index is 2.33. The van der Waals surface area contributed by atoms with Crippen LogP contribution in [0.4, 0.5) is 0 Å². The molecule has 2 unspecified atom stereocenters. The summed E-state index contributed by atoms with van der Waals surface area (Å²) in [5, 5.41) is 0. The lowest BCUT2D eigenvalue weighted by Crippen LogP contribution is -2.43. The number of rotatable bonds is 3. The van der Waals surface area contributed by atoms with E-state index in [4.69, 9.17) is 15.2 Å². The number of hydrogen-bond donors (Lipinski definition) is 1. The summed E-state index contributed by atoms with van der Waals surface area (Å²) in [6.45, 7) is 7.09. The molecule has 1 heterocycles. The normalized spacial score (nSPS) is 25.1. The van der Waals surface area contributed by atoms with Crippen LogP contribution in [0.3, 0.4) is 0 Å². The number of nitrogens with two attached hydrogens (primary N) is 1. The molecule has 0 bridgehead atoms. The molecular weight excluding hydrogens is 238 g/mol. The van der Waals surface area contributed by atoms with Gasteiger partial charge >= 0.3 is 0 Å². The third kappa shape index (κ3) is 2.77. The van der Waals surface area contributed by atoms with E-state index in [2.05, 4.69) is 32.9 Å². The number of aryl methyl sites for hydroxylation is 2. The third-order valence-electron chi connectivity index (χ3n) is 4.28. The third-order valence-corrected chi connectivity index (χ3v) is 4.28. The van der Waals surface area contributed by atoms with Crippen molar-refractivity contribution in [3.05, 3.63) is 28.8 Å². The van der Waals surface area contributed by atoms with Gasteiger partial charge in [0.25, 0.3) is 0 Å². The highest BCUT2D eigenvalue weighted by Gasteiger charge is 2.36. The van der Waals surface area contributed by atoms with Crippen LogP contribution in [-0.4, -0.2) is 19.3 Å². The molecule has 0 amide bonds. The van der Waals surface area contributed by atoms with Crippen molar-refractivity contribution in [1.29, 1.82) is 0 Å². The van der Waals surface area contributed by atoms with E-state index in [0.717, 1.165) is 30.8 Å². The van der Waals surface area contributed by atoms with Crippen molar-refractivity contribution >= 4 is 0 Å². The van der Waals surface area contributed by atoms with E-state index in [0.29, 0.717) is 0 Å². The fraction of sp³-hybridized carbons (Fsp3) is 0.625. The summed E-state index contributed by atoms with van der Waals surface area (Å²) in [6.07, 6.45) is 3.36. The van der Waals surface area contributed by atoms with E-state index in [-0.39, 0.29) is 11.6 Å². The van der Waals surface area contributed by atoms with Crippen LogP contribution in [0.5, 0.6) is 5.75 Å². The van der Waals surface area contributed by atoms with Crippen LogP contribution in [0.1, 0.15) is 48.9 Å². The molecule has 0 aliphatic carbocycles. The number of methoxy groups -OCH3 is 1. The van der Waals surface area contributed by atoms with Gasteiger partial charge in [0, 0.05) is 6.61 Å². The van der Waals surface area contributed by atoms with Crippen LogP contribution in [0.25, 0.3) is 0 Å². The monoisotopic (exact) mass is 263 g/mol. The molecule has 3 heteroatoms. The van der Waals surface area contributed by atoms with Gasteiger partial charge in [0.2, 0.25) is 0 Å². The van der Waals surface area contributed by atoms with Gasteiger partial charge in [-0.15, -0.1) is 0 Å². The minimum atomic E-state index is -0.246. The highest BCUT2D eigenvalue weighted by atomic mass is 16.5. The summed E-state index contributed by atoms with van der Waals surface area (Å²) in [7, 11) is 1.70. The fourth-order valence-electron chi connectivity index (χ4n) is 2.90. The molecule has 0 saturated carbocycles. The summed E-state index contributed by atoms with van der Waals surface area (Å²) < 4.78 is 11.3. The lowest BCUT2D eigenvalue weighted by Gasteiger charge is -2.39. The first kappa shape index (κ1) is 14.4. The average Bonchev–Trinajstić information content (AvgIpc) is 2.41. The van der Waals surface area contributed by atoms with Gasteiger partial charge in [-0.2, -0.15) is 0 Å². The quantitative estimate of drug-likeness (QED) is 0.910. The van der Waals surface area contributed by atoms with Crippen LogP contribution < -0.4 is 10.5 Å². The van der Waals surface area contributed by atoms with Gasteiger partial charge in [-0.1, -0.05) is 6.07 Å². The zero-order valence-electron chi connectivity index (χ0n) is 12.5. The molecule has 106 valence electrons. The first-order valence-corrected chi connectivity index (χ1v) is 7.02. The summed E-state index contributed by atoms with van der Waals surface area (Å²) in [5.74, 6) is 0.920.